The molecule has 1 N–H and O–H groups in total. The van der Waals surface area contributed by atoms with Crippen molar-refractivity contribution in [2.75, 3.05) is 0 Å². The Morgan fingerprint density at radius 2 is 2.21 bits per heavy atom. The zero-order chi connectivity index (χ0) is 12.8. The van der Waals surface area contributed by atoms with Crippen LogP contribution in [0.5, 0.6) is 0 Å². The minimum atomic E-state index is -0.340. The summed E-state index contributed by atoms with van der Waals surface area (Å²) in [7, 11) is 0. The van der Waals surface area contributed by atoms with Crippen LogP contribution in [-0.2, 0) is 6.42 Å². The first kappa shape index (κ1) is 11.2. The highest BCUT2D eigenvalue weighted by Gasteiger charge is 2.24. The van der Waals surface area contributed by atoms with Gasteiger partial charge in [0, 0.05) is 5.39 Å². The maximum Gasteiger partial charge on any atom is 0.134 e. The quantitative estimate of drug-likeness (QED) is 0.729. The number of aliphatic hydroxyl groups is 1. The maximum absolute atomic E-state index is 10.0. The lowest BCUT2D eigenvalue weighted by molar-refractivity contribution is 0.160. The molecule has 96 valence electrons. The minimum Gasteiger partial charge on any atom is -0.464 e. The number of aromatic nitrogens is 1. The molecule has 0 saturated heterocycles. The van der Waals surface area contributed by atoms with Gasteiger partial charge >= 0.3 is 0 Å². The van der Waals surface area contributed by atoms with Crippen molar-refractivity contribution >= 4 is 22.3 Å². The van der Waals surface area contributed by atoms with E-state index in [2.05, 4.69) is 0 Å². The van der Waals surface area contributed by atoms with Crippen LogP contribution >= 0.6 is 11.3 Å². The van der Waals surface area contributed by atoms with Gasteiger partial charge in [0.25, 0.3) is 0 Å². The lowest BCUT2D eigenvalue weighted by Gasteiger charge is -2.14. The van der Waals surface area contributed by atoms with Gasteiger partial charge in [-0.3, -0.25) is 0 Å². The molecule has 0 radical (unpaired) electrons. The number of aryl methyl sites for hydroxylation is 1. The van der Waals surface area contributed by atoms with Gasteiger partial charge in [-0.15, -0.1) is 11.3 Å². The number of hydrogen-bond acceptors (Lipinski definition) is 4. The summed E-state index contributed by atoms with van der Waals surface area (Å²) in [6, 6.07) is 7.97. The first-order valence-corrected chi connectivity index (χ1v) is 7.29. The summed E-state index contributed by atoms with van der Waals surface area (Å²) in [4.78, 5) is 5.73. The van der Waals surface area contributed by atoms with Crippen LogP contribution in [0, 0.1) is 0 Å². The molecular formula is C15H13NO2S. The minimum absolute atomic E-state index is 0.340. The fourth-order valence-corrected chi connectivity index (χ4v) is 3.81. The fourth-order valence-electron chi connectivity index (χ4n) is 2.66. The van der Waals surface area contributed by atoms with Gasteiger partial charge in [0.1, 0.15) is 16.9 Å². The summed E-state index contributed by atoms with van der Waals surface area (Å²) < 4.78 is 5.57. The number of rotatable bonds is 1. The second-order valence-electron chi connectivity index (χ2n) is 4.88. The van der Waals surface area contributed by atoms with E-state index in [0.29, 0.717) is 0 Å². The standard InChI is InChI=1S/C15H13NO2S/c17-12-6-3-5-11-14(12)19-15(16-11)10-8-18-13-7-2-1-4-9(10)13/h1-2,4,7-8,12,17H,3,5-6H2. The zero-order valence-electron chi connectivity index (χ0n) is 10.3. The van der Waals surface area contributed by atoms with Gasteiger partial charge in [-0.25, -0.2) is 4.98 Å². The summed E-state index contributed by atoms with van der Waals surface area (Å²) >= 11 is 1.59. The first-order valence-electron chi connectivity index (χ1n) is 6.47. The monoisotopic (exact) mass is 271 g/mol. The Morgan fingerprint density at radius 3 is 3.11 bits per heavy atom. The molecule has 0 fully saturated rings. The van der Waals surface area contributed by atoms with Crippen LogP contribution in [0.15, 0.2) is 34.9 Å². The average molecular weight is 271 g/mol. The van der Waals surface area contributed by atoms with Gasteiger partial charge in [-0.1, -0.05) is 18.2 Å². The topological polar surface area (TPSA) is 46.3 Å². The van der Waals surface area contributed by atoms with E-state index in [4.69, 9.17) is 9.40 Å². The normalized spacial score (nSPS) is 18.7. The van der Waals surface area contributed by atoms with Crippen molar-refractivity contribution < 1.29 is 9.52 Å². The van der Waals surface area contributed by atoms with E-state index in [9.17, 15) is 5.11 Å². The smallest absolute Gasteiger partial charge is 0.134 e. The second kappa shape index (κ2) is 4.18. The molecule has 3 aromatic rings. The molecule has 3 nitrogen and oxygen atoms in total. The maximum atomic E-state index is 10.0. The van der Waals surface area contributed by atoms with Crippen molar-refractivity contribution in [3.8, 4) is 10.6 Å². The zero-order valence-corrected chi connectivity index (χ0v) is 11.1. The van der Waals surface area contributed by atoms with Crippen molar-refractivity contribution in [2.24, 2.45) is 0 Å². The molecule has 1 unspecified atom stereocenters. The van der Waals surface area contributed by atoms with Gasteiger partial charge in [-0.05, 0) is 25.3 Å². The van der Waals surface area contributed by atoms with E-state index in [1.54, 1.807) is 17.6 Å². The van der Waals surface area contributed by atoms with E-state index in [-0.39, 0.29) is 6.10 Å². The Morgan fingerprint density at radius 1 is 1.32 bits per heavy atom. The number of hydrogen-bond donors (Lipinski definition) is 1. The molecule has 0 spiro atoms. The van der Waals surface area contributed by atoms with Crippen LogP contribution in [0.1, 0.15) is 29.5 Å². The fraction of sp³-hybridized carbons (Fsp3) is 0.267. The van der Waals surface area contributed by atoms with Gasteiger partial charge in [-0.2, -0.15) is 0 Å². The summed E-state index contributed by atoms with van der Waals surface area (Å²) in [6.07, 6.45) is 4.26. The molecule has 1 aliphatic rings. The molecule has 0 saturated carbocycles. The van der Waals surface area contributed by atoms with Crippen molar-refractivity contribution in [3.63, 3.8) is 0 Å². The second-order valence-corrected chi connectivity index (χ2v) is 5.91. The molecule has 1 atom stereocenters. The molecule has 0 bridgehead atoms. The molecule has 19 heavy (non-hydrogen) atoms. The highest BCUT2D eigenvalue weighted by atomic mass is 32.1. The van der Waals surface area contributed by atoms with Crippen molar-refractivity contribution in [1.82, 2.24) is 4.98 Å². The van der Waals surface area contributed by atoms with E-state index in [1.165, 1.54) is 0 Å². The Bertz CT molecular complexity index is 744. The van der Waals surface area contributed by atoms with Gasteiger partial charge in [0.05, 0.1) is 22.2 Å². The van der Waals surface area contributed by atoms with Gasteiger partial charge < -0.3 is 9.52 Å². The Hall–Kier alpha value is -1.65. The molecule has 0 amide bonds. The number of nitrogens with zero attached hydrogens (tertiary/aromatic N) is 1. The number of thiazole rings is 1. The molecule has 2 aromatic heterocycles. The lowest BCUT2D eigenvalue weighted by Crippen LogP contribution is -2.06. The number of fused-ring (bicyclic) bond motifs is 2. The SMILES string of the molecule is OC1CCCc2nc(-c3coc4ccccc34)sc21. The average Bonchev–Trinajstić information content (AvgIpc) is 3.02. The number of aliphatic hydroxyl groups excluding tert-OH is 1. The number of furan rings is 1. The molecule has 1 aliphatic carbocycles. The van der Waals surface area contributed by atoms with Crippen molar-refractivity contribution in [3.05, 3.63) is 41.1 Å². The van der Waals surface area contributed by atoms with E-state index in [1.807, 2.05) is 24.3 Å². The van der Waals surface area contributed by atoms with Crippen molar-refractivity contribution in [2.45, 2.75) is 25.4 Å². The van der Waals surface area contributed by atoms with Crippen LogP contribution in [0.2, 0.25) is 0 Å². The summed E-state index contributed by atoms with van der Waals surface area (Å²) in [5, 5.41) is 12.1. The summed E-state index contributed by atoms with van der Waals surface area (Å²) in [5.41, 5.74) is 2.97. The Labute approximate surface area is 114 Å². The summed E-state index contributed by atoms with van der Waals surface area (Å²) in [6.45, 7) is 0. The Kier molecular flexibility index (Phi) is 2.47. The van der Waals surface area contributed by atoms with E-state index < -0.39 is 0 Å². The molecular weight excluding hydrogens is 258 g/mol. The highest BCUT2D eigenvalue weighted by Crippen LogP contribution is 2.40. The number of benzene rings is 1. The molecule has 4 rings (SSSR count). The van der Waals surface area contributed by atoms with Crippen LogP contribution in [0.4, 0.5) is 0 Å². The van der Waals surface area contributed by atoms with Crippen LogP contribution in [0.25, 0.3) is 21.5 Å². The predicted octanol–water partition coefficient (Wildman–Crippen LogP) is 3.93. The van der Waals surface area contributed by atoms with E-state index in [0.717, 1.165) is 51.4 Å². The van der Waals surface area contributed by atoms with Crippen LogP contribution < -0.4 is 0 Å². The van der Waals surface area contributed by atoms with Crippen molar-refractivity contribution in [1.29, 1.82) is 0 Å². The van der Waals surface area contributed by atoms with Crippen LogP contribution in [-0.4, -0.2) is 10.1 Å². The van der Waals surface area contributed by atoms with Gasteiger partial charge in [0.15, 0.2) is 0 Å². The third-order valence-corrected chi connectivity index (χ3v) is 4.86. The molecule has 2 heterocycles. The molecule has 1 aromatic carbocycles. The lowest BCUT2D eigenvalue weighted by atomic mass is 10.0. The highest BCUT2D eigenvalue weighted by molar-refractivity contribution is 7.15. The molecule has 4 heteroatoms. The largest absolute Gasteiger partial charge is 0.464 e. The van der Waals surface area contributed by atoms with Gasteiger partial charge in [0.2, 0.25) is 0 Å². The third-order valence-electron chi connectivity index (χ3n) is 3.63. The first-order chi connectivity index (χ1) is 9.33. The number of para-hydroxylation sites is 1. The molecule has 0 aliphatic heterocycles. The van der Waals surface area contributed by atoms with E-state index >= 15 is 0 Å². The third kappa shape index (κ3) is 1.71. The van der Waals surface area contributed by atoms with Crippen LogP contribution in [0.3, 0.4) is 0 Å². The Balaban J connectivity index is 1.89. The summed E-state index contributed by atoms with van der Waals surface area (Å²) in [5.74, 6) is 0. The predicted molar refractivity (Wildman–Crippen MR) is 75.2 cm³/mol.